The molecule has 4 rings (SSSR count). The summed E-state index contributed by atoms with van der Waals surface area (Å²) in [7, 11) is -3.62. The molecular weight excluding hydrogens is 440 g/mol. The molecule has 2 heterocycles. The lowest BCUT2D eigenvalue weighted by molar-refractivity contribution is -0.117. The molecule has 1 aliphatic heterocycles. The van der Waals surface area contributed by atoms with Gasteiger partial charge in [0.15, 0.2) is 0 Å². The Hall–Kier alpha value is -3.30. The predicted octanol–water partition coefficient (Wildman–Crippen LogP) is 3.03. The Balaban J connectivity index is 1.61. The first-order valence-electron chi connectivity index (χ1n) is 10.9. The van der Waals surface area contributed by atoms with Gasteiger partial charge in [-0.3, -0.25) is 9.59 Å². The maximum atomic E-state index is 13.2. The van der Waals surface area contributed by atoms with Gasteiger partial charge in [-0.25, -0.2) is 13.1 Å². The maximum Gasteiger partial charge on any atom is 0.267 e. The smallest absolute Gasteiger partial charge is 0.267 e. The van der Waals surface area contributed by atoms with E-state index in [0.29, 0.717) is 35.6 Å². The SMILES string of the molecule is Cc1ccc(-c2ccc(=O)n(CC(=O)Nc3ccccc3)n2)cc1S(=O)(=O)N1CCCCC1. The van der Waals surface area contributed by atoms with Crippen molar-refractivity contribution in [2.75, 3.05) is 18.4 Å². The van der Waals surface area contributed by atoms with E-state index in [1.165, 1.54) is 16.4 Å². The summed E-state index contributed by atoms with van der Waals surface area (Å²) in [5.41, 5.74) is 1.83. The summed E-state index contributed by atoms with van der Waals surface area (Å²) in [4.78, 5) is 24.9. The zero-order valence-electron chi connectivity index (χ0n) is 18.4. The van der Waals surface area contributed by atoms with Crippen molar-refractivity contribution in [1.82, 2.24) is 14.1 Å². The molecule has 33 heavy (non-hydrogen) atoms. The van der Waals surface area contributed by atoms with Crippen LogP contribution < -0.4 is 10.9 Å². The summed E-state index contributed by atoms with van der Waals surface area (Å²) in [6.45, 7) is 2.55. The number of hydrogen-bond donors (Lipinski definition) is 1. The van der Waals surface area contributed by atoms with Crippen LogP contribution in [0.15, 0.2) is 70.4 Å². The minimum Gasteiger partial charge on any atom is -0.324 e. The summed E-state index contributed by atoms with van der Waals surface area (Å²) in [6.07, 6.45) is 2.75. The molecule has 0 radical (unpaired) electrons. The van der Waals surface area contributed by atoms with E-state index in [-0.39, 0.29) is 17.3 Å². The van der Waals surface area contributed by atoms with Crippen LogP contribution in [-0.4, -0.2) is 41.5 Å². The lowest BCUT2D eigenvalue weighted by atomic mass is 10.1. The Labute approximate surface area is 192 Å². The lowest BCUT2D eigenvalue weighted by Gasteiger charge is -2.26. The quantitative estimate of drug-likeness (QED) is 0.602. The Morgan fingerprint density at radius 3 is 2.45 bits per heavy atom. The molecule has 0 spiro atoms. The molecule has 172 valence electrons. The minimum atomic E-state index is -3.62. The third-order valence-electron chi connectivity index (χ3n) is 5.63. The Morgan fingerprint density at radius 1 is 1.00 bits per heavy atom. The molecule has 0 atom stereocenters. The van der Waals surface area contributed by atoms with Gasteiger partial charge in [0.05, 0.1) is 10.6 Å². The van der Waals surface area contributed by atoms with Gasteiger partial charge in [0.1, 0.15) is 6.54 Å². The van der Waals surface area contributed by atoms with Crippen molar-refractivity contribution in [3.63, 3.8) is 0 Å². The fraction of sp³-hybridized carbons (Fsp3) is 0.292. The van der Waals surface area contributed by atoms with Crippen LogP contribution in [0.25, 0.3) is 11.3 Å². The van der Waals surface area contributed by atoms with Gasteiger partial charge in [0, 0.05) is 30.4 Å². The second-order valence-corrected chi connectivity index (χ2v) is 9.98. The average molecular weight is 467 g/mol. The van der Waals surface area contributed by atoms with Crippen LogP contribution in [0.5, 0.6) is 0 Å². The molecule has 0 bridgehead atoms. The topological polar surface area (TPSA) is 101 Å². The van der Waals surface area contributed by atoms with E-state index in [2.05, 4.69) is 10.4 Å². The number of rotatable bonds is 6. The van der Waals surface area contributed by atoms with Crippen molar-refractivity contribution in [3.05, 3.63) is 76.6 Å². The number of aromatic nitrogens is 2. The molecule has 1 amide bonds. The zero-order valence-corrected chi connectivity index (χ0v) is 19.2. The molecule has 1 saturated heterocycles. The van der Waals surface area contributed by atoms with Crippen LogP contribution in [0.2, 0.25) is 0 Å². The fourth-order valence-corrected chi connectivity index (χ4v) is 5.62. The number of sulfonamides is 1. The molecule has 1 aromatic heterocycles. The molecule has 1 N–H and O–H groups in total. The van der Waals surface area contributed by atoms with Gasteiger partial charge < -0.3 is 5.32 Å². The summed E-state index contributed by atoms with van der Waals surface area (Å²) in [5.74, 6) is -0.384. The normalized spacial score (nSPS) is 14.7. The van der Waals surface area contributed by atoms with E-state index in [9.17, 15) is 18.0 Å². The molecule has 0 aliphatic carbocycles. The second-order valence-electron chi connectivity index (χ2n) is 8.07. The van der Waals surface area contributed by atoms with Crippen LogP contribution in [0, 0.1) is 6.92 Å². The van der Waals surface area contributed by atoms with Gasteiger partial charge in [-0.1, -0.05) is 36.8 Å². The number of nitrogens with zero attached hydrogens (tertiary/aromatic N) is 3. The molecule has 0 unspecified atom stereocenters. The van der Waals surface area contributed by atoms with Gasteiger partial charge in [0.2, 0.25) is 15.9 Å². The molecule has 0 saturated carbocycles. The first-order chi connectivity index (χ1) is 15.8. The number of nitrogens with one attached hydrogen (secondary N) is 1. The van der Waals surface area contributed by atoms with E-state index in [1.54, 1.807) is 49.4 Å². The van der Waals surface area contributed by atoms with Crippen LogP contribution >= 0.6 is 0 Å². The molecule has 3 aromatic rings. The Bertz CT molecular complexity index is 1310. The predicted molar refractivity (Wildman–Crippen MR) is 126 cm³/mol. The molecule has 1 aliphatic rings. The highest BCUT2D eigenvalue weighted by atomic mass is 32.2. The average Bonchev–Trinajstić information content (AvgIpc) is 2.82. The number of amides is 1. The number of carbonyl (C=O) groups excluding carboxylic acids is 1. The maximum absolute atomic E-state index is 13.2. The number of hydrogen-bond acceptors (Lipinski definition) is 5. The number of benzene rings is 2. The summed E-state index contributed by atoms with van der Waals surface area (Å²) in [5, 5.41) is 7.05. The van der Waals surface area contributed by atoms with E-state index >= 15 is 0 Å². The third-order valence-corrected chi connectivity index (χ3v) is 7.67. The molecule has 1 fully saturated rings. The zero-order chi connectivity index (χ0) is 23.4. The lowest BCUT2D eigenvalue weighted by Crippen LogP contribution is -2.36. The van der Waals surface area contributed by atoms with Crippen molar-refractivity contribution < 1.29 is 13.2 Å². The van der Waals surface area contributed by atoms with E-state index in [0.717, 1.165) is 23.9 Å². The van der Waals surface area contributed by atoms with Crippen LogP contribution in [0.1, 0.15) is 24.8 Å². The van der Waals surface area contributed by atoms with Gasteiger partial charge in [-0.05, 0) is 49.6 Å². The van der Waals surface area contributed by atoms with Crippen LogP contribution in [0.4, 0.5) is 5.69 Å². The number of piperidine rings is 1. The number of para-hydroxylation sites is 1. The first kappa shape index (κ1) is 22.9. The van der Waals surface area contributed by atoms with Crippen molar-refractivity contribution in [2.24, 2.45) is 0 Å². The summed E-state index contributed by atoms with van der Waals surface area (Å²) >= 11 is 0. The first-order valence-corrected chi connectivity index (χ1v) is 12.3. The highest BCUT2D eigenvalue weighted by molar-refractivity contribution is 7.89. The number of anilines is 1. The van der Waals surface area contributed by atoms with Crippen molar-refractivity contribution in [2.45, 2.75) is 37.6 Å². The summed E-state index contributed by atoms with van der Waals surface area (Å²) in [6, 6.07) is 16.9. The highest BCUT2D eigenvalue weighted by Crippen LogP contribution is 2.27. The van der Waals surface area contributed by atoms with Crippen LogP contribution in [-0.2, 0) is 21.4 Å². The van der Waals surface area contributed by atoms with Gasteiger partial charge in [-0.2, -0.15) is 9.40 Å². The van der Waals surface area contributed by atoms with Gasteiger partial charge in [0.25, 0.3) is 5.56 Å². The Kier molecular flexibility index (Phi) is 6.71. The van der Waals surface area contributed by atoms with Crippen molar-refractivity contribution in [1.29, 1.82) is 0 Å². The second kappa shape index (κ2) is 9.68. The highest BCUT2D eigenvalue weighted by Gasteiger charge is 2.27. The third kappa shape index (κ3) is 5.20. The largest absolute Gasteiger partial charge is 0.324 e. The summed E-state index contributed by atoms with van der Waals surface area (Å²) < 4.78 is 29.1. The number of carbonyl (C=O) groups is 1. The van der Waals surface area contributed by atoms with Gasteiger partial charge >= 0.3 is 0 Å². The van der Waals surface area contributed by atoms with E-state index in [4.69, 9.17) is 0 Å². The molecule has 2 aromatic carbocycles. The van der Waals surface area contributed by atoms with Crippen LogP contribution in [0.3, 0.4) is 0 Å². The molecule has 8 nitrogen and oxygen atoms in total. The van der Waals surface area contributed by atoms with E-state index in [1.807, 2.05) is 6.07 Å². The number of aryl methyl sites for hydroxylation is 1. The standard InChI is InChI=1S/C24H26N4O4S/c1-18-10-11-19(16-22(18)33(31,32)27-14-6-3-7-15-27)21-12-13-24(30)28(26-21)17-23(29)25-20-8-4-2-5-9-20/h2,4-5,8-13,16H,3,6-7,14-15,17H2,1H3,(H,25,29). The minimum absolute atomic E-state index is 0.239. The van der Waals surface area contributed by atoms with Crippen molar-refractivity contribution >= 4 is 21.6 Å². The molecule has 9 heteroatoms. The van der Waals surface area contributed by atoms with E-state index < -0.39 is 15.6 Å². The van der Waals surface area contributed by atoms with Gasteiger partial charge in [-0.15, -0.1) is 0 Å². The Morgan fingerprint density at radius 2 is 1.73 bits per heavy atom. The molecular formula is C24H26N4O4S. The van der Waals surface area contributed by atoms with Crippen molar-refractivity contribution in [3.8, 4) is 11.3 Å². The fourth-order valence-electron chi connectivity index (χ4n) is 3.86. The monoisotopic (exact) mass is 466 g/mol.